The first kappa shape index (κ1) is 10.5. The summed E-state index contributed by atoms with van der Waals surface area (Å²) in [4.78, 5) is 0. The van der Waals surface area contributed by atoms with Crippen molar-refractivity contribution in [2.24, 2.45) is 0 Å². The second-order valence-electron chi connectivity index (χ2n) is 3.37. The molecule has 0 bridgehead atoms. The monoisotopic (exact) mass is 181 g/mol. The largest absolute Gasteiger partial charge is 0.396 e. The van der Waals surface area contributed by atoms with Gasteiger partial charge in [-0.1, -0.05) is 18.2 Å². The third-order valence-electron chi connectivity index (χ3n) is 2.16. The van der Waals surface area contributed by atoms with E-state index >= 15 is 0 Å². The van der Waals surface area contributed by atoms with Gasteiger partial charge < -0.3 is 10.4 Å². The van der Waals surface area contributed by atoms with Crippen LogP contribution in [0.3, 0.4) is 0 Å². The first-order chi connectivity index (χ1) is 6.43. The maximum absolute atomic E-state index is 8.56. The molecule has 0 aromatic rings. The highest BCUT2D eigenvalue weighted by Gasteiger charge is 1.95. The number of allylic oxidation sites excluding steroid dienone is 2. The molecule has 13 heavy (non-hydrogen) atoms. The van der Waals surface area contributed by atoms with E-state index in [1.165, 1.54) is 18.4 Å². The number of rotatable bonds is 6. The minimum Gasteiger partial charge on any atom is -0.396 e. The van der Waals surface area contributed by atoms with Crippen molar-refractivity contribution in [2.45, 2.75) is 25.7 Å². The fraction of sp³-hybridized carbons (Fsp3) is 0.636. The molecule has 0 unspecified atom stereocenters. The molecular formula is C11H19NO. The van der Waals surface area contributed by atoms with Gasteiger partial charge in [-0.25, -0.2) is 0 Å². The highest BCUT2D eigenvalue weighted by molar-refractivity contribution is 5.23. The van der Waals surface area contributed by atoms with Gasteiger partial charge >= 0.3 is 0 Å². The van der Waals surface area contributed by atoms with Crippen molar-refractivity contribution in [3.63, 3.8) is 0 Å². The Kier molecular flexibility index (Phi) is 5.54. The minimum absolute atomic E-state index is 0.310. The maximum Gasteiger partial charge on any atom is 0.0431 e. The molecule has 0 amide bonds. The Balaban J connectivity index is 1.99. The van der Waals surface area contributed by atoms with Crippen molar-refractivity contribution in [1.29, 1.82) is 0 Å². The Hall–Kier alpha value is -0.600. The fourth-order valence-electron chi connectivity index (χ4n) is 1.39. The molecule has 1 aliphatic carbocycles. The van der Waals surface area contributed by atoms with Gasteiger partial charge in [0.15, 0.2) is 0 Å². The van der Waals surface area contributed by atoms with Crippen LogP contribution in [0.5, 0.6) is 0 Å². The zero-order chi connectivity index (χ0) is 9.36. The minimum atomic E-state index is 0.310. The lowest BCUT2D eigenvalue weighted by molar-refractivity contribution is 0.284. The number of hydrogen-bond donors (Lipinski definition) is 2. The fourth-order valence-corrected chi connectivity index (χ4v) is 1.39. The number of aliphatic hydroxyl groups is 1. The molecule has 2 heteroatoms. The molecule has 0 fully saturated rings. The van der Waals surface area contributed by atoms with Gasteiger partial charge in [-0.05, 0) is 37.8 Å². The summed E-state index contributed by atoms with van der Waals surface area (Å²) in [5, 5.41) is 11.9. The smallest absolute Gasteiger partial charge is 0.0431 e. The topological polar surface area (TPSA) is 32.3 Å². The molecule has 0 spiro atoms. The quantitative estimate of drug-likeness (QED) is 0.610. The van der Waals surface area contributed by atoms with Crippen molar-refractivity contribution in [2.75, 3.05) is 19.7 Å². The lowest BCUT2D eigenvalue weighted by Gasteiger charge is -2.07. The third-order valence-corrected chi connectivity index (χ3v) is 2.16. The Morgan fingerprint density at radius 1 is 1.31 bits per heavy atom. The Bertz CT molecular complexity index is 185. The third kappa shape index (κ3) is 4.86. The van der Waals surface area contributed by atoms with E-state index in [0.29, 0.717) is 6.61 Å². The van der Waals surface area contributed by atoms with E-state index in [1.807, 2.05) is 0 Å². The first-order valence-electron chi connectivity index (χ1n) is 5.10. The van der Waals surface area contributed by atoms with E-state index in [-0.39, 0.29) is 0 Å². The molecule has 2 nitrogen and oxygen atoms in total. The predicted octanol–water partition coefficient (Wildman–Crippen LogP) is 1.62. The molecular weight excluding hydrogens is 162 g/mol. The first-order valence-corrected chi connectivity index (χ1v) is 5.10. The van der Waals surface area contributed by atoms with Crippen molar-refractivity contribution < 1.29 is 5.11 Å². The molecule has 0 aliphatic heterocycles. The summed E-state index contributed by atoms with van der Waals surface area (Å²) >= 11 is 0. The van der Waals surface area contributed by atoms with Crippen molar-refractivity contribution in [3.8, 4) is 0 Å². The Labute approximate surface area is 80.3 Å². The molecule has 0 atom stereocenters. The highest BCUT2D eigenvalue weighted by Crippen LogP contribution is 2.07. The van der Waals surface area contributed by atoms with Gasteiger partial charge in [0.25, 0.3) is 0 Å². The van der Waals surface area contributed by atoms with E-state index in [9.17, 15) is 0 Å². The summed E-state index contributed by atoms with van der Waals surface area (Å²) in [6.45, 7) is 2.29. The summed E-state index contributed by atoms with van der Waals surface area (Å²) in [7, 11) is 0. The highest BCUT2D eigenvalue weighted by atomic mass is 16.2. The van der Waals surface area contributed by atoms with E-state index in [4.69, 9.17) is 5.11 Å². The summed E-state index contributed by atoms with van der Waals surface area (Å²) in [6, 6.07) is 0. The summed E-state index contributed by atoms with van der Waals surface area (Å²) in [6.07, 6.45) is 11.1. The summed E-state index contributed by atoms with van der Waals surface area (Å²) in [5.41, 5.74) is 1.40. The Morgan fingerprint density at radius 2 is 2.23 bits per heavy atom. The second-order valence-corrected chi connectivity index (χ2v) is 3.37. The standard InChI is InChI=1S/C11H19NO/c13-9-5-4-8-12-10-11-6-2-1-3-7-11/h2,6-7,12-13H,1,3-5,8-10H2. The number of hydrogen-bond acceptors (Lipinski definition) is 2. The zero-order valence-electron chi connectivity index (χ0n) is 8.13. The average Bonchev–Trinajstić information content (AvgIpc) is 2.19. The number of unbranched alkanes of at least 4 members (excludes halogenated alkanes) is 1. The van der Waals surface area contributed by atoms with Crippen LogP contribution in [0.2, 0.25) is 0 Å². The molecule has 2 N–H and O–H groups in total. The molecule has 0 aromatic heterocycles. The second kappa shape index (κ2) is 6.87. The van der Waals surface area contributed by atoms with Crippen LogP contribution >= 0.6 is 0 Å². The summed E-state index contributed by atoms with van der Waals surface area (Å²) < 4.78 is 0. The molecule has 0 radical (unpaired) electrons. The van der Waals surface area contributed by atoms with Gasteiger partial charge in [-0.3, -0.25) is 0 Å². The average molecular weight is 181 g/mol. The maximum atomic E-state index is 8.56. The van der Waals surface area contributed by atoms with Gasteiger partial charge in [-0.2, -0.15) is 0 Å². The van der Waals surface area contributed by atoms with E-state index in [2.05, 4.69) is 23.5 Å². The van der Waals surface area contributed by atoms with E-state index < -0.39 is 0 Å². The SMILES string of the molecule is OCCCCNCC1=CCCC=C1. The number of nitrogens with one attached hydrogen (secondary N) is 1. The van der Waals surface area contributed by atoms with E-state index in [1.54, 1.807) is 0 Å². The zero-order valence-corrected chi connectivity index (χ0v) is 8.13. The predicted molar refractivity (Wildman–Crippen MR) is 55.6 cm³/mol. The normalized spacial score (nSPS) is 15.9. The van der Waals surface area contributed by atoms with Crippen LogP contribution in [0.4, 0.5) is 0 Å². The van der Waals surface area contributed by atoms with Crippen molar-refractivity contribution in [3.05, 3.63) is 23.8 Å². The lowest BCUT2D eigenvalue weighted by atomic mass is 10.1. The molecule has 0 saturated heterocycles. The number of aliphatic hydroxyl groups excluding tert-OH is 1. The van der Waals surface area contributed by atoms with Gasteiger partial charge in [0.05, 0.1) is 0 Å². The van der Waals surface area contributed by atoms with Crippen LogP contribution in [0.15, 0.2) is 23.8 Å². The van der Waals surface area contributed by atoms with Crippen LogP contribution in [0.25, 0.3) is 0 Å². The van der Waals surface area contributed by atoms with Crippen LogP contribution < -0.4 is 5.32 Å². The molecule has 0 heterocycles. The molecule has 1 rings (SSSR count). The van der Waals surface area contributed by atoms with Gasteiger partial charge in [-0.15, -0.1) is 0 Å². The summed E-state index contributed by atoms with van der Waals surface area (Å²) in [5.74, 6) is 0. The van der Waals surface area contributed by atoms with E-state index in [0.717, 1.165) is 25.9 Å². The molecule has 0 aromatic carbocycles. The van der Waals surface area contributed by atoms with Crippen LogP contribution in [0, 0.1) is 0 Å². The van der Waals surface area contributed by atoms with Crippen LogP contribution in [-0.2, 0) is 0 Å². The lowest BCUT2D eigenvalue weighted by Crippen LogP contribution is -2.18. The molecule has 1 aliphatic rings. The molecule has 0 saturated carbocycles. The van der Waals surface area contributed by atoms with Crippen LogP contribution in [-0.4, -0.2) is 24.8 Å². The van der Waals surface area contributed by atoms with Gasteiger partial charge in [0.1, 0.15) is 0 Å². The van der Waals surface area contributed by atoms with Gasteiger partial charge in [0.2, 0.25) is 0 Å². The van der Waals surface area contributed by atoms with Crippen molar-refractivity contribution in [1.82, 2.24) is 5.32 Å². The molecule has 74 valence electrons. The van der Waals surface area contributed by atoms with Crippen molar-refractivity contribution >= 4 is 0 Å². The van der Waals surface area contributed by atoms with Gasteiger partial charge in [0, 0.05) is 13.2 Å². The van der Waals surface area contributed by atoms with Crippen LogP contribution in [0.1, 0.15) is 25.7 Å². The Morgan fingerprint density at radius 3 is 2.92 bits per heavy atom.